The van der Waals surface area contributed by atoms with Gasteiger partial charge in [0, 0.05) is 18.0 Å². The molecular formula is C13H12N4S. The van der Waals surface area contributed by atoms with Crippen LogP contribution in [0.3, 0.4) is 0 Å². The fourth-order valence-electron chi connectivity index (χ4n) is 2.17. The fourth-order valence-corrected chi connectivity index (χ4v) is 3.06. The normalized spacial score (nSPS) is 14.1. The number of pyridine rings is 1. The molecule has 2 N–H and O–H groups in total. The first-order valence-corrected chi connectivity index (χ1v) is 6.62. The summed E-state index contributed by atoms with van der Waals surface area (Å²) in [7, 11) is 0. The molecule has 0 unspecified atom stereocenters. The number of fused-ring (bicyclic) bond motifs is 1. The number of nitrogens with two attached hydrogens (primary N) is 1. The summed E-state index contributed by atoms with van der Waals surface area (Å²) in [6.07, 6.45) is 1.04. The summed E-state index contributed by atoms with van der Waals surface area (Å²) in [6, 6.07) is 7.83. The standard InChI is InChI=1S/C13H12N4S/c14-7-11-10(15)1-2-13(16-11)17-5-3-12-9(8-17)4-6-18-12/h1-2,4,6H,3,5,8,15H2. The van der Waals surface area contributed by atoms with Gasteiger partial charge in [-0.25, -0.2) is 4.98 Å². The van der Waals surface area contributed by atoms with Crippen LogP contribution in [0, 0.1) is 11.3 Å². The average molecular weight is 256 g/mol. The van der Waals surface area contributed by atoms with Gasteiger partial charge in [0.25, 0.3) is 0 Å². The molecule has 18 heavy (non-hydrogen) atoms. The topological polar surface area (TPSA) is 65.9 Å². The van der Waals surface area contributed by atoms with Gasteiger partial charge in [-0.3, -0.25) is 0 Å². The predicted molar refractivity (Wildman–Crippen MR) is 72.4 cm³/mol. The number of aromatic nitrogens is 1. The van der Waals surface area contributed by atoms with Gasteiger partial charge in [-0.2, -0.15) is 5.26 Å². The van der Waals surface area contributed by atoms with Crippen LogP contribution in [0.4, 0.5) is 11.5 Å². The zero-order valence-corrected chi connectivity index (χ0v) is 10.6. The molecule has 0 aliphatic carbocycles. The van der Waals surface area contributed by atoms with Crippen LogP contribution in [-0.4, -0.2) is 11.5 Å². The third-order valence-corrected chi connectivity index (χ3v) is 4.17. The molecule has 0 radical (unpaired) electrons. The Balaban J connectivity index is 1.91. The van der Waals surface area contributed by atoms with E-state index < -0.39 is 0 Å². The summed E-state index contributed by atoms with van der Waals surface area (Å²) in [5, 5.41) is 11.1. The minimum Gasteiger partial charge on any atom is -0.396 e. The minimum atomic E-state index is 0.309. The van der Waals surface area contributed by atoms with Crippen molar-refractivity contribution in [1.29, 1.82) is 5.26 Å². The third kappa shape index (κ3) is 1.81. The van der Waals surface area contributed by atoms with Crippen molar-refractivity contribution >= 4 is 22.8 Å². The number of nitrogen functional groups attached to an aromatic ring is 1. The molecule has 0 bridgehead atoms. The van der Waals surface area contributed by atoms with Crippen LogP contribution < -0.4 is 10.6 Å². The third-order valence-electron chi connectivity index (χ3n) is 3.15. The van der Waals surface area contributed by atoms with Crippen LogP contribution in [-0.2, 0) is 13.0 Å². The Morgan fingerprint density at radius 1 is 1.39 bits per heavy atom. The molecule has 0 saturated carbocycles. The SMILES string of the molecule is N#Cc1nc(N2CCc3sccc3C2)ccc1N. The monoisotopic (exact) mass is 256 g/mol. The lowest BCUT2D eigenvalue weighted by Crippen LogP contribution is -2.30. The van der Waals surface area contributed by atoms with Crippen molar-refractivity contribution in [3.8, 4) is 6.07 Å². The molecule has 3 heterocycles. The van der Waals surface area contributed by atoms with E-state index in [2.05, 4.69) is 21.3 Å². The Hall–Kier alpha value is -2.06. The Kier molecular flexibility index (Phi) is 2.65. The van der Waals surface area contributed by atoms with Crippen molar-refractivity contribution in [2.45, 2.75) is 13.0 Å². The van der Waals surface area contributed by atoms with Crippen molar-refractivity contribution in [1.82, 2.24) is 4.98 Å². The average Bonchev–Trinajstić information content (AvgIpc) is 2.86. The lowest BCUT2D eigenvalue weighted by Gasteiger charge is -2.28. The first-order chi connectivity index (χ1) is 8.78. The van der Waals surface area contributed by atoms with E-state index in [4.69, 9.17) is 11.0 Å². The number of hydrogen-bond donors (Lipinski definition) is 1. The van der Waals surface area contributed by atoms with Crippen molar-refractivity contribution in [3.63, 3.8) is 0 Å². The van der Waals surface area contributed by atoms with Gasteiger partial charge in [0.2, 0.25) is 0 Å². The summed E-state index contributed by atoms with van der Waals surface area (Å²) in [5.41, 5.74) is 7.80. The Bertz CT molecular complexity index is 626. The summed E-state index contributed by atoms with van der Waals surface area (Å²) in [4.78, 5) is 7.97. The molecule has 2 aromatic heterocycles. The maximum absolute atomic E-state index is 8.96. The Morgan fingerprint density at radius 2 is 2.28 bits per heavy atom. The van der Waals surface area contributed by atoms with E-state index in [-0.39, 0.29) is 0 Å². The van der Waals surface area contributed by atoms with Crippen LogP contribution in [0.2, 0.25) is 0 Å². The first kappa shape index (κ1) is 11.1. The van der Waals surface area contributed by atoms with Crippen molar-refractivity contribution in [2.75, 3.05) is 17.2 Å². The van der Waals surface area contributed by atoms with E-state index >= 15 is 0 Å². The van der Waals surface area contributed by atoms with Gasteiger partial charge < -0.3 is 10.6 Å². The summed E-state index contributed by atoms with van der Waals surface area (Å²) < 4.78 is 0. The zero-order chi connectivity index (χ0) is 12.5. The van der Waals surface area contributed by atoms with Crippen molar-refractivity contribution in [2.24, 2.45) is 0 Å². The molecule has 4 nitrogen and oxygen atoms in total. The van der Waals surface area contributed by atoms with E-state index in [1.54, 1.807) is 6.07 Å². The lowest BCUT2D eigenvalue weighted by atomic mass is 10.1. The largest absolute Gasteiger partial charge is 0.396 e. The zero-order valence-electron chi connectivity index (χ0n) is 9.76. The highest BCUT2D eigenvalue weighted by atomic mass is 32.1. The molecule has 90 valence electrons. The van der Waals surface area contributed by atoms with Crippen LogP contribution in [0.15, 0.2) is 23.6 Å². The van der Waals surface area contributed by atoms with Gasteiger partial charge in [-0.05, 0) is 35.6 Å². The molecule has 5 heteroatoms. The first-order valence-electron chi connectivity index (χ1n) is 5.75. The molecular weight excluding hydrogens is 244 g/mol. The van der Waals surface area contributed by atoms with Crippen LogP contribution >= 0.6 is 11.3 Å². The van der Waals surface area contributed by atoms with Crippen molar-refractivity contribution < 1.29 is 0 Å². The highest BCUT2D eigenvalue weighted by molar-refractivity contribution is 7.10. The molecule has 3 rings (SSSR count). The molecule has 0 aromatic carbocycles. The van der Waals surface area contributed by atoms with E-state index in [0.717, 1.165) is 25.3 Å². The Labute approximate surface area is 109 Å². The second-order valence-electron chi connectivity index (χ2n) is 4.26. The minimum absolute atomic E-state index is 0.309. The molecule has 0 saturated heterocycles. The fraction of sp³-hybridized carbons (Fsp3) is 0.231. The number of nitrogens with zero attached hydrogens (tertiary/aromatic N) is 3. The molecule has 0 fully saturated rings. The second-order valence-corrected chi connectivity index (χ2v) is 5.26. The van der Waals surface area contributed by atoms with Gasteiger partial charge in [0.15, 0.2) is 5.69 Å². The summed E-state index contributed by atoms with van der Waals surface area (Å²) in [5.74, 6) is 0.831. The Morgan fingerprint density at radius 3 is 3.11 bits per heavy atom. The number of thiophene rings is 1. The predicted octanol–water partition coefficient (Wildman–Crippen LogP) is 2.16. The number of hydrogen-bond acceptors (Lipinski definition) is 5. The summed E-state index contributed by atoms with van der Waals surface area (Å²) >= 11 is 1.81. The number of rotatable bonds is 1. The van der Waals surface area contributed by atoms with Crippen molar-refractivity contribution in [3.05, 3.63) is 39.7 Å². The van der Waals surface area contributed by atoms with Gasteiger partial charge >= 0.3 is 0 Å². The quantitative estimate of drug-likeness (QED) is 0.849. The van der Waals surface area contributed by atoms with E-state index in [1.165, 1.54) is 10.4 Å². The second kappa shape index (κ2) is 4.31. The van der Waals surface area contributed by atoms with Crippen LogP contribution in [0.1, 0.15) is 16.1 Å². The van der Waals surface area contributed by atoms with E-state index in [9.17, 15) is 0 Å². The molecule has 0 amide bonds. The highest BCUT2D eigenvalue weighted by Gasteiger charge is 2.18. The number of anilines is 2. The van der Waals surface area contributed by atoms with Crippen LogP contribution in [0.5, 0.6) is 0 Å². The molecule has 1 aliphatic rings. The molecule has 0 atom stereocenters. The van der Waals surface area contributed by atoms with Gasteiger partial charge in [0.1, 0.15) is 11.9 Å². The molecule has 2 aromatic rings. The lowest BCUT2D eigenvalue weighted by molar-refractivity contribution is 0.732. The maximum Gasteiger partial charge on any atom is 0.165 e. The highest BCUT2D eigenvalue weighted by Crippen LogP contribution is 2.27. The number of nitriles is 1. The smallest absolute Gasteiger partial charge is 0.165 e. The van der Waals surface area contributed by atoms with E-state index in [1.807, 2.05) is 23.5 Å². The van der Waals surface area contributed by atoms with E-state index in [0.29, 0.717) is 11.4 Å². The van der Waals surface area contributed by atoms with Gasteiger partial charge in [0.05, 0.1) is 5.69 Å². The summed E-state index contributed by atoms with van der Waals surface area (Å²) in [6.45, 7) is 1.80. The van der Waals surface area contributed by atoms with Crippen LogP contribution in [0.25, 0.3) is 0 Å². The van der Waals surface area contributed by atoms with Gasteiger partial charge in [-0.1, -0.05) is 0 Å². The molecule has 0 spiro atoms. The maximum atomic E-state index is 8.96. The van der Waals surface area contributed by atoms with Gasteiger partial charge in [-0.15, -0.1) is 11.3 Å². The molecule has 1 aliphatic heterocycles.